The van der Waals surface area contributed by atoms with E-state index in [-0.39, 0.29) is 5.91 Å². The van der Waals surface area contributed by atoms with Crippen LogP contribution in [0.25, 0.3) is 0 Å². The van der Waals surface area contributed by atoms with Crippen molar-refractivity contribution in [2.24, 2.45) is 0 Å². The van der Waals surface area contributed by atoms with Crippen LogP contribution in [0, 0.1) is 0 Å². The first-order valence-electron chi connectivity index (χ1n) is 7.27. The summed E-state index contributed by atoms with van der Waals surface area (Å²) in [6, 6.07) is 10.2. The number of nitrogens with one attached hydrogen (secondary N) is 1. The quantitative estimate of drug-likeness (QED) is 0.919. The van der Waals surface area contributed by atoms with Gasteiger partial charge in [-0.1, -0.05) is 24.3 Å². The molecule has 3 rings (SSSR count). The van der Waals surface area contributed by atoms with E-state index in [0.29, 0.717) is 5.56 Å². The van der Waals surface area contributed by atoms with Crippen molar-refractivity contribution < 1.29 is 4.79 Å². The van der Waals surface area contributed by atoms with Gasteiger partial charge in [0.25, 0.3) is 5.91 Å². The lowest BCUT2D eigenvalue weighted by Crippen LogP contribution is -2.33. The van der Waals surface area contributed by atoms with Gasteiger partial charge in [-0.2, -0.15) is 0 Å². The fourth-order valence-electron chi connectivity index (χ4n) is 2.82. The van der Waals surface area contributed by atoms with Crippen LogP contribution >= 0.6 is 0 Å². The van der Waals surface area contributed by atoms with E-state index in [1.165, 1.54) is 11.1 Å². The third-order valence-corrected chi connectivity index (χ3v) is 4.03. The standard InChI is InChI=1S/C17H19N3O/c1-18-16-12-19-9-6-15(16)17(21)20-10-7-13-4-2-3-5-14(13)8-11-20/h2-6,9,12,18H,7-8,10-11H2,1H3. The van der Waals surface area contributed by atoms with Crippen molar-refractivity contribution in [3.8, 4) is 0 Å². The van der Waals surface area contributed by atoms with Gasteiger partial charge in [0.15, 0.2) is 0 Å². The van der Waals surface area contributed by atoms with Gasteiger partial charge in [0.2, 0.25) is 0 Å². The number of carbonyl (C=O) groups excluding carboxylic acids is 1. The normalized spacial score (nSPS) is 14.2. The summed E-state index contributed by atoms with van der Waals surface area (Å²) in [5.74, 6) is 0.0783. The molecule has 108 valence electrons. The molecule has 21 heavy (non-hydrogen) atoms. The third kappa shape index (κ3) is 2.75. The number of pyridine rings is 1. The summed E-state index contributed by atoms with van der Waals surface area (Å²) in [4.78, 5) is 18.7. The summed E-state index contributed by atoms with van der Waals surface area (Å²) in [6.07, 6.45) is 5.20. The van der Waals surface area contributed by atoms with Gasteiger partial charge >= 0.3 is 0 Å². The molecule has 1 aromatic heterocycles. The molecule has 4 heteroatoms. The molecule has 0 spiro atoms. The highest BCUT2D eigenvalue weighted by Crippen LogP contribution is 2.20. The number of carbonyl (C=O) groups is 1. The molecule has 0 bridgehead atoms. The van der Waals surface area contributed by atoms with Crippen LogP contribution in [0.15, 0.2) is 42.7 Å². The molecule has 1 aliphatic rings. The van der Waals surface area contributed by atoms with E-state index >= 15 is 0 Å². The van der Waals surface area contributed by atoms with Gasteiger partial charge in [-0.3, -0.25) is 9.78 Å². The van der Waals surface area contributed by atoms with Crippen LogP contribution in [-0.2, 0) is 12.8 Å². The molecular weight excluding hydrogens is 262 g/mol. The SMILES string of the molecule is CNc1cnccc1C(=O)N1CCc2ccccc2CC1. The lowest BCUT2D eigenvalue weighted by atomic mass is 10.0. The van der Waals surface area contributed by atoms with Crippen molar-refractivity contribution in [3.05, 3.63) is 59.4 Å². The summed E-state index contributed by atoms with van der Waals surface area (Å²) in [6.45, 7) is 1.53. The van der Waals surface area contributed by atoms with E-state index in [1.807, 2.05) is 11.9 Å². The molecule has 0 unspecified atom stereocenters. The molecule has 0 fully saturated rings. The Morgan fingerprint density at radius 1 is 1.14 bits per heavy atom. The Hall–Kier alpha value is -2.36. The Kier molecular flexibility index (Phi) is 3.86. The number of benzene rings is 1. The van der Waals surface area contributed by atoms with Gasteiger partial charge in [-0.15, -0.1) is 0 Å². The molecule has 2 heterocycles. The molecule has 0 radical (unpaired) electrons. The first-order valence-corrected chi connectivity index (χ1v) is 7.27. The molecule has 1 aromatic carbocycles. The maximum Gasteiger partial charge on any atom is 0.256 e. The van der Waals surface area contributed by atoms with Crippen LogP contribution in [-0.4, -0.2) is 35.9 Å². The van der Waals surface area contributed by atoms with Crippen LogP contribution in [0.1, 0.15) is 21.5 Å². The second-order valence-electron chi connectivity index (χ2n) is 5.23. The number of amides is 1. The number of rotatable bonds is 2. The van der Waals surface area contributed by atoms with E-state index in [2.05, 4.69) is 34.6 Å². The highest BCUT2D eigenvalue weighted by molar-refractivity contribution is 5.99. The van der Waals surface area contributed by atoms with Crippen molar-refractivity contribution >= 4 is 11.6 Å². The maximum atomic E-state index is 12.7. The van der Waals surface area contributed by atoms with Crippen molar-refractivity contribution in [1.29, 1.82) is 0 Å². The van der Waals surface area contributed by atoms with Gasteiger partial charge in [-0.25, -0.2) is 0 Å². The Morgan fingerprint density at radius 2 is 1.81 bits per heavy atom. The first-order chi connectivity index (χ1) is 10.3. The summed E-state index contributed by atoms with van der Waals surface area (Å²) < 4.78 is 0. The van der Waals surface area contributed by atoms with Crippen LogP contribution in [0.5, 0.6) is 0 Å². The van der Waals surface area contributed by atoms with Gasteiger partial charge in [0.05, 0.1) is 17.4 Å². The summed E-state index contributed by atoms with van der Waals surface area (Å²) >= 11 is 0. The van der Waals surface area contributed by atoms with Crippen molar-refractivity contribution in [1.82, 2.24) is 9.88 Å². The molecule has 0 saturated heterocycles. The number of fused-ring (bicyclic) bond motifs is 1. The van der Waals surface area contributed by atoms with Gasteiger partial charge < -0.3 is 10.2 Å². The minimum absolute atomic E-state index is 0.0783. The zero-order chi connectivity index (χ0) is 14.7. The summed E-state index contributed by atoms with van der Waals surface area (Å²) in [5, 5.41) is 3.04. The van der Waals surface area contributed by atoms with Gasteiger partial charge in [0.1, 0.15) is 0 Å². The molecule has 0 aliphatic carbocycles. The van der Waals surface area contributed by atoms with E-state index in [9.17, 15) is 4.79 Å². The Bertz CT molecular complexity index is 627. The molecule has 0 saturated carbocycles. The number of hydrogen-bond acceptors (Lipinski definition) is 3. The molecule has 1 N–H and O–H groups in total. The first kappa shape index (κ1) is 13.6. The number of hydrogen-bond donors (Lipinski definition) is 1. The van der Waals surface area contributed by atoms with E-state index in [0.717, 1.165) is 31.6 Å². The third-order valence-electron chi connectivity index (χ3n) is 4.03. The lowest BCUT2D eigenvalue weighted by molar-refractivity contribution is 0.0764. The van der Waals surface area contributed by atoms with Gasteiger partial charge in [-0.05, 0) is 30.0 Å². The fraction of sp³-hybridized carbons (Fsp3) is 0.294. The summed E-state index contributed by atoms with van der Waals surface area (Å²) in [5.41, 5.74) is 4.19. The highest BCUT2D eigenvalue weighted by Gasteiger charge is 2.21. The van der Waals surface area contributed by atoms with Crippen molar-refractivity contribution in [2.45, 2.75) is 12.8 Å². The predicted molar refractivity (Wildman–Crippen MR) is 83.5 cm³/mol. The second kappa shape index (κ2) is 5.95. The number of nitrogens with zero attached hydrogens (tertiary/aromatic N) is 2. The number of anilines is 1. The average Bonchev–Trinajstić information content (AvgIpc) is 2.77. The Balaban J connectivity index is 1.81. The largest absolute Gasteiger partial charge is 0.386 e. The molecule has 1 aliphatic heterocycles. The highest BCUT2D eigenvalue weighted by atomic mass is 16.2. The topological polar surface area (TPSA) is 45.2 Å². The van der Waals surface area contributed by atoms with E-state index in [4.69, 9.17) is 0 Å². The van der Waals surface area contributed by atoms with Crippen LogP contribution in [0.3, 0.4) is 0 Å². The Labute approximate surface area is 124 Å². The van der Waals surface area contributed by atoms with Crippen LogP contribution in [0.4, 0.5) is 5.69 Å². The molecule has 1 amide bonds. The maximum absolute atomic E-state index is 12.7. The summed E-state index contributed by atoms with van der Waals surface area (Å²) in [7, 11) is 1.81. The molecule has 4 nitrogen and oxygen atoms in total. The predicted octanol–water partition coefficient (Wildman–Crippen LogP) is 2.36. The smallest absolute Gasteiger partial charge is 0.256 e. The minimum atomic E-state index is 0.0783. The fourth-order valence-corrected chi connectivity index (χ4v) is 2.82. The van der Waals surface area contributed by atoms with Crippen LogP contribution < -0.4 is 5.32 Å². The Morgan fingerprint density at radius 3 is 2.43 bits per heavy atom. The lowest BCUT2D eigenvalue weighted by Gasteiger charge is -2.21. The zero-order valence-electron chi connectivity index (χ0n) is 12.2. The van der Waals surface area contributed by atoms with Crippen molar-refractivity contribution in [2.75, 3.05) is 25.5 Å². The number of aromatic nitrogens is 1. The van der Waals surface area contributed by atoms with E-state index < -0.39 is 0 Å². The minimum Gasteiger partial charge on any atom is -0.386 e. The monoisotopic (exact) mass is 281 g/mol. The van der Waals surface area contributed by atoms with E-state index in [1.54, 1.807) is 18.5 Å². The molecule has 0 atom stereocenters. The second-order valence-corrected chi connectivity index (χ2v) is 5.23. The van der Waals surface area contributed by atoms with Crippen molar-refractivity contribution in [3.63, 3.8) is 0 Å². The van der Waals surface area contributed by atoms with Crippen LogP contribution in [0.2, 0.25) is 0 Å². The molecule has 2 aromatic rings. The molecular formula is C17H19N3O. The average molecular weight is 281 g/mol. The zero-order valence-corrected chi connectivity index (χ0v) is 12.2. The van der Waals surface area contributed by atoms with Gasteiger partial charge in [0, 0.05) is 26.3 Å².